The van der Waals surface area contributed by atoms with Crippen LogP contribution in [-0.4, -0.2) is 25.5 Å². The van der Waals surface area contributed by atoms with Gasteiger partial charge in [-0.1, -0.05) is 12.1 Å². The van der Waals surface area contributed by atoms with Gasteiger partial charge in [0.2, 0.25) is 15.9 Å². The number of aromatic nitrogens is 1. The highest BCUT2D eigenvalue weighted by atomic mass is 32.2. The van der Waals surface area contributed by atoms with Gasteiger partial charge in [0, 0.05) is 18.3 Å². The van der Waals surface area contributed by atoms with E-state index in [4.69, 9.17) is 4.74 Å². The Morgan fingerprint density at radius 3 is 2.61 bits per heavy atom. The molecular formula is C16H20N2O3S2. The fourth-order valence-corrected chi connectivity index (χ4v) is 5.00. The fourth-order valence-electron chi connectivity index (χ4n) is 2.69. The third-order valence-corrected chi connectivity index (χ3v) is 6.85. The number of aryl methyl sites for hydroxylation is 1. The number of pyridine rings is 1. The lowest BCUT2D eigenvalue weighted by molar-refractivity contribution is 0.138. The number of nitrogens with zero attached hydrogens (tertiary/aromatic N) is 1. The first-order chi connectivity index (χ1) is 11.0. The topological polar surface area (TPSA) is 68.3 Å². The van der Waals surface area contributed by atoms with E-state index < -0.39 is 10.0 Å². The zero-order valence-corrected chi connectivity index (χ0v) is 14.6. The van der Waals surface area contributed by atoms with Gasteiger partial charge in [-0.15, -0.1) is 11.3 Å². The van der Waals surface area contributed by atoms with E-state index in [1.54, 1.807) is 23.7 Å². The van der Waals surface area contributed by atoms with E-state index in [1.807, 2.05) is 19.1 Å². The first-order valence-corrected chi connectivity index (χ1v) is 10.0. The van der Waals surface area contributed by atoms with Gasteiger partial charge in [0.05, 0.1) is 0 Å². The third kappa shape index (κ3) is 4.31. The number of hydrogen-bond acceptors (Lipinski definition) is 5. The number of hydrogen-bond donors (Lipinski definition) is 1. The number of sulfonamides is 1. The van der Waals surface area contributed by atoms with Crippen LogP contribution in [0.2, 0.25) is 0 Å². The molecule has 2 aromatic rings. The van der Waals surface area contributed by atoms with Crippen molar-refractivity contribution < 1.29 is 13.2 Å². The minimum atomic E-state index is -3.38. The second-order valence-corrected chi connectivity index (χ2v) is 8.71. The van der Waals surface area contributed by atoms with Crippen molar-refractivity contribution in [3.8, 4) is 5.88 Å². The molecule has 0 aromatic carbocycles. The Morgan fingerprint density at radius 1 is 1.22 bits per heavy atom. The van der Waals surface area contributed by atoms with Crippen molar-refractivity contribution in [2.45, 2.75) is 49.0 Å². The summed E-state index contributed by atoms with van der Waals surface area (Å²) in [5.74, 6) is 0.637. The molecule has 5 nitrogen and oxygen atoms in total. The van der Waals surface area contributed by atoms with Crippen LogP contribution in [0.4, 0.5) is 0 Å². The Kier molecular flexibility index (Phi) is 4.99. The van der Waals surface area contributed by atoms with E-state index in [1.165, 1.54) is 11.3 Å². The highest BCUT2D eigenvalue weighted by Crippen LogP contribution is 2.25. The molecule has 0 aliphatic heterocycles. The molecule has 0 saturated heterocycles. The molecule has 1 aliphatic rings. The molecule has 0 amide bonds. The minimum absolute atomic E-state index is 0.0204. The summed E-state index contributed by atoms with van der Waals surface area (Å²) in [7, 11) is -3.38. The zero-order chi connectivity index (χ0) is 16.3. The van der Waals surface area contributed by atoms with Crippen LogP contribution >= 0.6 is 11.3 Å². The molecule has 124 valence electrons. The van der Waals surface area contributed by atoms with Crippen LogP contribution < -0.4 is 9.46 Å². The summed E-state index contributed by atoms with van der Waals surface area (Å²) in [6, 6.07) is 7.21. The summed E-state index contributed by atoms with van der Waals surface area (Å²) in [5.41, 5.74) is 1.10. The quantitative estimate of drug-likeness (QED) is 0.898. The Morgan fingerprint density at radius 2 is 2.00 bits per heavy atom. The molecule has 3 rings (SSSR count). The molecule has 1 aliphatic carbocycles. The van der Waals surface area contributed by atoms with Gasteiger partial charge in [-0.05, 0) is 49.6 Å². The second-order valence-electron chi connectivity index (χ2n) is 5.82. The van der Waals surface area contributed by atoms with Crippen molar-refractivity contribution in [3.05, 3.63) is 41.4 Å². The van der Waals surface area contributed by atoms with Crippen molar-refractivity contribution in [1.29, 1.82) is 0 Å². The smallest absolute Gasteiger partial charge is 0.250 e. The Balaban J connectivity index is 1.51. The molecular weight excluding hydrogens is 332 g/mol. The van der Waals surface area contributed by atoms with E-state index in [0.717, 1.165) is 31.2 Å². The summed E-state index contributed by atoms with van der Waals surface area (Å²) >= 11 is 1.24. The Labute approximate surface area is 140 Å². The lowest BCUT2D eigenvalue weighted by Crippen LogP contribution is -2.39. The summed E-state index contributed by atoms with van der Waals surface area (Å²) in [6.45, 7) is 1.99. The van der Waals surface area contributed by atoms with E-state index >= 15 is 0 Å². The van der Waals surface area contributed by atoms with Crippen molar-refractivity contribution >= 4 is 21.4 Å². The molecule has 7 heteroatoms. The first-order valence-electron chi connectivity index (χ1n) is 7.68. The maximum absolute atomic E-state index is 12.2. The average Bonchev–Trinajstić information content (AvgIpc) is 3.07. The lowest BCUT2D eigenvalue weighted by Gasteiger charge is -2.28. The van der Waals surface area contributed by atoms with Crippen molar-refractivity contribution in [2.75, 3.05) is 0 Å². The van der Waals surface area contributed by atoms with E-state index in [-0.39, 0.29) is 12.1 Å². The molecule has 1 N–H and O–H groups in total. The van der Waals surface area contributed by atoms with E-state index in [0.29, 0.717) is 10.1 Å². The summed E-state index contributed by atoms with van der Waals surface area (Å²) in [4.78, 5) is 4.25. The number of nitrogens with one attached hydrogen (secondary N) is 1. The highest BCUT2D eigenvalue weighted by Gasteiger charge is 2.27. The maximum atomic E-state index is 12.2. The minimum Gasteiger partial charge on any atom is -0.474 e. The molecule has 0 spiro atoms. The maximum Gasteiger partial charge on any atom is 0.250 e. The van der Waals surface area contributed by atoms with Gasteiger partial charge in [0.15, 0.2) is 0 Å². The molecule has 1 saturated carbocycles. The monoisotopic (exact) mass is 352 g/mol. The Hall–Kier alpha value is -1.44. The molecule has 0 radical (unpaired) electrons. The van der Waals surface area contributed by atoms with E-state index in [9.17, 15) is 8.42 Å². The summed E-state index contributed by atoms with van der Waals surface area (Å²) in [5, 5.41) is 1.77. The highest BCUT2D eigenvalue weighted by molar-refractivity contribution is 7.91. The standard InChI is InChI=1S/C16H20N2O3S2/c1-12-4-9-15(17-11-12)21-14-7-5-13(6-8-14)18-23(19,20)16-3-2-10-22-16/h2-4,9-11,13-14,18H,5-8H2,1H3. The van der Waals surface area contributed by atoms with Crippen LogP contribution in [0.5, 0.6) is 5.88 Å². The van der Waals surface area contributed by atoms with Crippen LogP contribution in [0.3, 0.4) is 0 Å². The molecule has 2 aromatic heterocycles. The number of ether oxygens (including phenoxy) is 1. The molecule has 2 heterocycles. The lowest BCUT2D eigenvalue weighted by atomic mass is 9.94. The zero-order valence-electron chi connectivity index (χ0n) is 12.9. The summed E-state index contributed by atoms with van der Waals surface area (Å²) in [6.07, 6.45) is 5.10. The van der Waals surface area contributed by atoms with E-state index in [2.05, 4.69) is 9.71 Å². The van der Waals surface area contributed by atoms with Gasteiger partial charge in [0.25, 0.3) is 0 Å². The SMILES string of the molecule is Cc1ccc(OC2CCC(NS(=O)(=O)c3cccs3)CC2)nc1. The Bertz CT molecular complexity index is 719. The fraction of sp³-hybridized carbons (Fsp3) is 0.438. The third-order valence-electron chi connectivity index (χ3n) is 3.93. The molecule has 1 fully saturated rings. The van der Waals surface area contributed by atoms with Gasteiger partial charge in [-0.25, -0.2) is 18.1 Å². The second kappa shape index (κ2) is 6.98. The van der Waals surface area contributed by atoms with Crippen molar-refractivity contribution in [1.82, 2.24) is 9.71 Å². The van der Waals surface area contributed by atoms with Gasteiger partial charge in [0.1, 0.15) is 10.3 Å². The first kappa shape index (κ1) is 16.4. The molecule has 0 bridgehead atoms. The van der Waals surface area contributed by atoms with Crippen LogP contribution in [0, 0.1) is 6.92 Å². The van der Waals surface area contributed by atoms with Crippen molar-refractivity contribution in [3.63, 3.8) is 0 Å². The normalized spacial score (nSPS) is 22.0. The summed E-state index contributed by atoms with van der Waals surface area (Å²) < 4.78 is 33.5. The van der Waals surface area contributed by atoms with Gasteiger partial charge in [-0.2, -0.15) is 0 Å². The van der Waals surface area contributed by atoms with Gasteiger partial charge >= 0.3 is 0 Å². The van der Waals surface area contributed by atoms with Crippen LogP contribution in [0.1, 0.15) is 31.2 Å². The predicted molar refractivity (Wildman–Crippen MR) is 90.3 cm³/mol. The molecule has 0 atom stereocenters. The van der Waals surface area contributed by atoms with Crippen LogP contribution in [0.15, 0.2) is 40.1 Å². The van der Waals surface area contributed by atoms with Gasteiger partial charge < -0.3 is 4.74 Å². The molecule has 23 heavy (non-hydrogen) atoms. The van der Waals surface area contributed by atoms with Crippen LogP contribution in [-0.2, 0) is 10.0 Å². The average molecular weight is 352 g/mol. The predicted octanol–water partition coefficient (Wildman–Crippen LogP) is 3.12. The van der Waals surface area contributed by atoms with Crippen molar-refractivity contribution in [2.24, 2.45) is 0 Å². The van der Waals surface area contributed by atoms with Crippen LogP contribution in [0.25, 0.3) is 0 Å². The molecule has 0 unspecified atom stereocenters. The number of thiophene rings is 1. The van der Waals surface area contributed by atoms with Gasteiger partial charge in [-0.3, -0.25) is 0 Å². The largest absolute Gasteiger partial charge is 0.474 e. The number of rotatable bonds is 5.